The summed E-state index contributed by atoms with van der Waals surface area (Å²) in [5.41, 5.74) is 1.35. The highest BCUT2D eigenvalue weighted by Gasteiger charge is 2.47. The summed E-state index contributed by atoms with van der Waals surface area (Å²) < 4.78 is 12.2. The summed E-state index contributed by atoms with van der Waals surface area (Å²) >= 11 is 0. The van der Waals surface area contributed by atoms with Gasteiger partial charge in [-0.1, -0.05) is 17.3 Å². The lowest BCUT2D eigenvalue weighted by Gasteiger charge is -2.27. The molecule has 4 nitrogen and oxygen atoms in total. The molecule has 1 atom stereocenters. The third kappa shape index (κ3) is 3.97. The van der Waals surface area contributed by atoms with Crippen LogP contribution in [0, 0.1) is 0 Å². The Morgan fingerprint density at radius 2 is 1.90 bits per heavy atom. The van der Waals surface area contributed by atoms with Gasteiger partial charge < -0.3 is 14.7 Å². The Morgan fingerprint density at radius 1 is 1.29 bits per heavy atom. The first-order valence-electron chi connectivity index (χ1n) is 7.35. The summed E-state index contributed by atoms with van der Waals surface area (Å²) in [4.78, 5) is 0. The van der Waals surface area contributed by atoms with Gasteiger partial charge in [0.15, 0.2) is 0 Å². The van der Waals surface area contributed by atoms with E-state index in [9.17, 15) is 0 Å². The number of benzene rings is 1. The first-order chi connectivity index (χ1) is 9.72. The maximum absolute atomic E-state index is 8.70. The van der Waals surface area contributed by atoms with Crippen molar-refractivity contribution in [3.8, 4) is 5.75 Å². The summed E-state index contributed by atoms with van der Waals surface area (Å²) in [6, 6.07) is 7.92. The largest absolute Gasteiger partial charge is 0.487 e. The van der Waals surface area contributed by atoms with Gasteiger partial charge in [0.2, 0.25) is 0 Å². The lowest BCUT2D eigenvalue weighted by Crippen LogP contribution is -2.36. The number of nitrogens with zero attached hydrogens (tertiary/aromatic N) is 1. The molecule has 1 unspecified atom stereocenters. The van der Waals surface area contributed by atoms with Gasteiger partial charge >= 0.3 is 0 Å². The Bertz CT molecular complexity index is 517. The number of ether oxygens (including phenoxy) is 2. The molecule has 2 rings (SSSR count). The summed E-state index contributed by atoms with van der Waals surface area (Å²) in [5.74, 6) is 0.844. The van der Waals surface area contributed by atoms with E-state index < -0.39 is 0 Å². The summed E-state index contributed by atoms with van der Waals surface area (Å²) in [6.07, 6.45) is 1.55. The molecule has 1 heterocycles. The van der Waals surface area contributed by atoms with Gasteiger partial charge in [0.1, 0.15) is 17.5 Å². The maximum atomic E-state index is 8.70. The van der Waals surface area contributed by atoms with Gasteiger partial charge in [-0.3, -0.25) is 0 Å². The lowest BCUT2D eigenvalue weighted by molar-refractivity contribution is -0.0846. The van der Waals surface area contributed by atoms with Crippen molar-refractivity contribution in [2.45, 2.75) is 64.8 Å². The van der Waals surface area contributed by atoms with Crippen molar-refractivity contribution in [2.75, 3.05) is 0 Å². The van der Waals surface area contributed by atoms with Crippen molar-refractivity contribution in [1.29, 1.82) is 0 Å². The van der Waals surface area contributed by atoms with Crippen LogP contribution in [0.1, 0.15) is 46.6 Å². The fraction of sp³-hybridized carbons (Fsp3) is 0.588. The summed E-state index contributed by atoms with van der Waals surface area (Å²) in [6.45, 7) is 10.1. The molecule has 0 amide bonds. The molecule has 0 bridgehead atoms. The minimum Gasteiger partial charge on any atom is -0.487 e. The minimum absolute atomic E-state index is 0.0408. The number of oxime groups is 1. The molecule has 1 aliphatic rings. The van der Waals surface area contributed by atoms with E-state index in [0.717, 1.165) is 17.7 Å². The SMILES string of the molecule is C/C(Cc1ccc(OC2CC(C)(C)OC2(C)C)cc1)=N/O. The Kier molecular flexibility index (Phi) is 4.28. The van der Waals surface area contributed by atoms with Crippen LogP contribution in [0.3, 0.4) is 0 Å². The van der Waals surface area contributed by atoms with Crippen molar-refractivity contribution in [3.05, 3.63) is 29.8 Å². The minimum atomic E-state index is -0.289. The Balaban J connectivity index is 2.04. The normalized spacial score (nSPS) is 24.0. The maximum Gasteiger partial charge on any atom is 0.130 e. The molecule has 1 aromatic carbocycles. The third-order valence-corrected chi connectivity index (χ3v) is 3.82. The number of rotatable bonds is 4. The first-order valence-corrected chi connectivity index (χ1v) is 7.35. The molecule has 0 aromatic heterocycles. The van der Waals surface area contributed by atoms with E-state index in [0.29, 0.717) is 12.1 Å². The second-order valence-corrected chi connectivity index (χ2v) is 6.93. The predicted molar refractivity (Wildman–Crippen MR) is 83.3 cm³/mol. The van der Waals surface area contributed by atoms with Crippen LogP contribution in [0.2, 0.25) is 0 Å². The predicted octanol–water partition coefficient (Wildman–Crippen LogP) is 3.80. The molecular weight excluding hydrogens is 266 g/mol. The Morgan fingerprint density at radius 3 is 2.38 bits per heavy atom. The standard InChI is InChI=1S/C17H25NO3/c1-12(18-19)10-13-6-8-14(9-7-13)20-15-11-16(2,3)21-17(15,4)5/h6-9,15,19H,10-11H2,1-5H3/b18-12-. The molecule has 1 N–H and O–H groups in total. The molecular formula is C17H25NO3. The molecule has 4 heteroatoms. The molecule has 1 fully saturated rings. The average Bonchev–Trinajstić information content (AvgIpc) is 2.59. The lowest BCUT2D eigenvalue weighted by atomic mass is 9.97. The fourth-order valence-corrected chi connectivity index (χ4v) is 2.88. The van der Waals surface area contributed by atoms with Crippen LogP contribution in [0.15, 0.2) is 29.4 Å². The van der Waals surface area contributed by atoms with Gasteiger partial charge in [-0.25, -0.2) is 0 Å². The van der Waals surface area contributed by atoms with E-state index in [1.807, 2.05) is 24.3 Å². The van der Waals surface area contributed by atoms with Crippen LogP contribution in [0.5, 0.6) is 5.75 Å². The first kappa shape index (κ1) is 15.8. The quantitative estimate of drug-likeness (QED) is 0.521. The van der Waals surface area contributed by atoms with E-state index in [4.69, 9.17) is 14.7 Å². The van der Waals surface area contributed by atoms with Crippen LogP contribution in [0.25, 0.3) is 0 Å². The topological polar surface area (TPSA) is 51.0 Å². The summed E-state index contributed by atoms with van der Waals surface area (Å²) in [7, 11) is 0. The van der Waals surface area contributed by atoms with Crippen LogP contribution >= 0.6 is 0 Å². The van der Waals surface area contributed by atoms with Gasteiger partial charge in [-0.2, -0.15) is 0 Å². The summed E-state index contributed by atoms with van der Waals surface area (Å²) in [5, 5.41) is 11.9. The van der Waals surface area contributed by atoms with Crippen LogP contribution in [-0.2, 0) is 11.2 Å². The Labute approximate surface area is 126 Å². The number of hydrogen-bond donors (Lipinski definition) is 1. The van der Waals surface area contributed by atoms with Crippen LogP contribution < -0.4 is 4.74 Å². The molecule has 116 valence electrons. The molecule has 21 heavy (non-hydrogen) atoms. The van der Waals surface area contributed by atoms with E-state index in [1.54, 1.807) is 6.92 Å². The molecule has 0 saturated carbocycles. The molecule has 1 aromatic rings. The van der Waals surface area contributed by atoms with Gasteiger partial charge in [-0.05, 0) is 52.3 Å². The van der Waals surface area contributed by atoms with Gasteiger partial charge in [0, 0.05) is 12.8 Å². The average molecular weight is 291 g/mol. The monoisotopic (exact) mass is 291 g/mol. The van der Waals surface area contributed by atoms with Gasteiger partial charge in [0.25, 0.3) is 0 Å². The zero-order valence-electron chi connectivity index (χ0n) is 13.5. The number of hydrogen-bond acceptors (Lipinski definition) is 4. The van der Waals surface area contributed by atoms with Crippen LogP contribution in [0.4, 0.5) is 0 Å². The zero-order valence-corrected chi connectivity index (χ0v) is 13.5. The van der Waals surface area contributed by atoms with Crippen LogP contribution in [-0.4, -0.2) is 28.2 Å². The highest BCUT2D eigenvalue weighted by atomic mass is 16.6. The van der Waals surface area contributed by atoms with Gasteiger partial charge in [-0.15, -0.1) is 0 Å². The van der Waals surface area contributed by atoms with E-state index in [-0.39, 0.29) is 17.3 Å². The second kappa shape index (κ2) is 5.68. The highest BCUT2D eigenvalue weighted by molar-refractivity contribution is 5.83. The van der Waals surface area contributed by atoms with E-state index in [1.165, 1.54) is 0 Å². The van der Waals surface area contributed by atoms with Crippen molar-refractivity contribution in [3.63, 3.8) is 0 Å². The van der Waals surface area contributed by atoms with Crippen molar-refractivity contribution in [1.82, 2.24) is 0 Å². The van der Waals surface area contributed by atoms with Crippen molar-refractivity contribution in [2.24, 2.45) is 5.16 Å². The smallest absolute Gasteiger partial charge is 0.130 e. The molecule has 0 radical (unpaired) electrons. The molecule has 1 aliphatic heterocycles. The van der Waals surface area contributed by atoms with Crippen molar-refractivity contribution < 1.29 is 14.7 Å². The van der Waals surface area contributed by atoms with E-state index in [2.05, 4.69) is 32.9 Å². The molecule has 0 spiro atoms. The highest BCUT2D eigenvalue weighted by Crippen LogP contribution is 2.39. The van der Waals surface area contributed by atoms with Crippen molar-refractivity contribution >= 4 is 5.71 Å². The second-order valence-electron chi connectivity index (χ2n) is 6.93. The Hall–Kier alpha value is -1.55. The van der Waals surface area contributed by atoms with Gasteiger partial charge in [0.05, 0.1) is 11.3 Å². The third-order valence-electron chi connectivity index (χ3n) is 3.82. The zero-order chi connectivity index (χ0) is 15.7. The fourth-order valence-electron chi connectivity index (χ4n) is 2.88. The molecule has 0 aliphatic carbocycles. The van der Waals surface area contributed by atoms with E-state index >= 15 is 0 Å². The molecule has 1 saturated heterocycles.